The summed E-state index contributed by atoms with van der Waals surface area (Å²) in [5, 5.41) is 12.8. The average Bonchev–Trinajstić information content (AvgIpc) is 2.62. The zero-order valence-electron chi connectivity index (χ0n) is 12.4. The first-order valence-corrected chi connectivity index (χ1v) is 7.38. The minimum absolute atomic E-state index is 0.258. The number of hydrogen-bond acceptors (Lipinski definition) is 4. The highest BCUT2D eigenvalue weighted by Crippen LogP contribution is 2.32. The van der Waals surface area contributed by atoms with Crippen LogP contribution < -0.4 is 4.74 Å². The third-order valence-electron chi connectivity index (χ3n) is 3.80. The van der Waals surface area contributed by atoms with Crippen LogP contribution in [0.1, 0.15) is 6.42 Å². The molecule has 4 rings (SSSR count). The number of nitrogens with zero attached hydrogens (tertiary/aromatic N) is 3. The van der Waals surface area contributed by atoms with Crippen molar-refractivity contribution in [2.75, 3.05) is 6.61 Å². The van der Waals surface area contributed by atoms with Crippen LogP contribution in [0.4, 0.5) is 0 Å². The zero-order valence-corrected chi connectivity index (χ0v) is 12.4. The molecule has 0 radical (unpaired) electrons. The first kappa shape index (κ1) is 13.5. The van der Waals surface area contributed by atoms with Crippen LogP contribution in [0.25, 0.3) is 32.6 Å². The molecule has 0 amide bonds. The maximum atomic E-state index is 5.49. The molecule has 4 aromatic rings. The lowest BCUT2D eigenvalue weighted by molar-refractivity contribution is 0.298. The lowest BCUT2D eigenvalue weighted by atomic mass is 10.00. The number of rotatable bonds is 3. The van der Waals surface area contributed by atoms with Crippen molar-refractivity contribution < 1.29 is 4.74 Å². The first-order chi connectivity index (χ1) is 11.4. The molecule has 3 aromatic carbocycles. The Morgan fingerprint density at radius 1 is 0.826 bits per heavy atom. The Morgan fingerprint density at radius 2 is 1.43 bits per heavy atom. The minimum Gasteiger partial charge on any atom is -0.461 e. The number of hydrogen-bond donors (Lipinski definition) is 0. The highest BCUT2D eigenvalue weighted by Gasteiger charge is 2.12. The molecule has 0 fully saturated rings. The number of ether oxygens (including phenoxy) is 1. The molecule has 0 N–H and O–H groups in total. The van der Waals surface area contributed by atoms with Crippen LogP contribution in [0.15, 0.2) is 48.5 Å². The third-order valence-corrected chi connectivity index (χ3v) is 3.80. The van der Waals surface area contributed by atoms with Gasteiger partial charge in [0.25, 0.3) is 0 Å². The lowest BCUT2D eigenvalue weighted by Crippen LogP contribution is -2.02. The van der Waals surface area contributed by atoms with E-state index in [9.17, 15) is 0 Å². The minimum atomic E-state index is 0.258. The predicted molar refractivity (Wildman–Crippen MR) is 91.3 cm³/mol. The lowest BCUT2D eigenvalue weighted by Gasteiger charge is -2.09. The van der Waals surface area contributed by atoms with Crippen molar-refractivity contribution in [2.45, 2.75) is 6.42 Å². The zero-order chi connectivity index (χ0) is 15.6. The molecule has 0 saturated heterocycles. The normalized spacial score (nSPS) is 10.9. The SMILES string of the molecule is C#CCCOc1nnc2c3ccccc3c3ccccc3c2n1. The van der Waals surface area contributed by atoms with Gasteiger partial charge < -0.3 is 4.74 Å². The summed E-state index contributed by atoms with van der Waals surface area (Å²) in [6.45, 7) is 0.384. The Hall–Kier alpha value is -3.19. The summed E-state index contributed by atoms with van der Waals surface area (Å²) in [5.41, 5.74) is 1.58. The fraction of sp³-hybridized carbons (Fsp3) is 0.105. The van der Waals surface area contributed by atoms with E-state index >= 15 is 0 Å². The number of benzene rings is 3. The van der Waals surface area contributed by atoms with Crippen molar-refractivity contribution >= 4 is 32.6 Å². The molecule has 0 aliphatic rings. The molecule has 4 nitrogen and oxygen atoms in total. The van der Waals surface area contributed by atoms with Crippen molar-refractivity contribution in [2.24, 2.45) is 0 Å². The van der Waals surface area contributed by atoms with Crippen molar-refractivity contribution in [3.05, 3.63) is 48.5 Å². The molecule has 0 saturated carbocycles. The molecular weight excluding hydrogens is 286 g/mol. The van der Waals surface area contributed by atoms with Gasteiger partial charge in [0.15, 0.2) is 0 Å². The second kappa shape index (κ2) is 5.54. The summed E-state index contributed by atoms with van der Waals surface area (Å²) in [7, 11) is 0. The van der Waals surface area contributed by atoms with E-state index in [4.69, 9.17) is 11.2 Å². The number of terminal acetylenes is 1. The van der Waals surface area contributed by atoms with Crippen LogP contribution in [0.5, 0.6) is 6.01 Å². The van der Waals surface area contributed by atoms with Gasteiger partial charge in [0.05, 0.1) is 0 Å². The Balaban J connectivity index is 2.03. The summed E-state index contributed by atoms with van der Waals surface area (Å²) >= 11 is 0. The van der Waals surface area contributed by atoms with Crippen LogP contribution in [-0.4, -0.2) is 21.8 Å². The fourth-order valence-corrected chi connectivity index (χ4v) is 2.79. The van der Waals surface area contributed by atoms with Gasteiger partial charge in [-0.05, 0) is 10.8 Å². The van der Waals surface area contributed by atoms with Gasteiger partial charge in [-0.2, -0.15) is 4.98 Å². The van der Waals surface area contributed by atoms with E-state index in [2.05, 4.69) is 33.2 Å². The molecular formula is C19H13N3O. The maximum absolute atomic E-state index is 5.49. The van der Waals surface area contributed by atoms with Gasteiger partial charge in [-0.3, -0.25) is 0 Å². The Kier molecular flexibility index (Phi) is 3.25. The highest BCUT2D eigenvalue weighted by molar-refractivity contribution is 6.22. The number of aromatic nitrogens is 3. The second-order valence-corrected chi connectivity index (χ2v) is 5.19. The van der Waals surface area contributed by atoms with Crippen molar-refractivity contribution in [1.29, 1.82) is 0 Å². The van der Waals surface area contributed by atoms with E-state index in [1.165, 1.54) is 0 Å². The summed E-state index contributed by atoms with van der Waals surface area (Å²) in [6.07, 6.45) is 5.75. The van der Waals surface area contributed by atoms with Crippen LogP contribution in [-0.2, 0) is 0 Å². The van der Waals surface area contributed by atoms with Gasteiger partial charge >= 0.3 is 6.01 Å². The molecule has 23 heavy (non-hydrogen) atoms. The smallest absolute Gasteiger partial charge is 0.336 e. The maximum Gasteiger partial charge on any atom is 0.336 e. The fourth-order valence-electron chi connectivity index (χ4n) is 2.79. The molecule has 4 heteroatoms. The van der Waals surface area contributed by atoms with E-state index in [1.54, 1.807) is 0 Å². The Labute approximate surface area is 133 Å². The summed E-state index contributed by atoms with van der Waals surface area (Å²) < 4.78 is 5.49. The molecule has 0 unspecified atom stereocenters. The van der Waals surface area contributed by atoms with Gasteiger partial charge in [0, 0.05) is 17.2 Å². The molecule has 0 spiro atoms. The van der Waals surface area contributed by atoms with E-state index in [0.717, 1.165) is 32.6 Å². The molecule has 1 aromatic heterocycles. The van der Waals surface area contributed by atoms with Gasteiger partial charge in [-0.15, -0.1) is 17.4 Å². The summed E-state index contributed by atoms with van der Waals surface area (Å²) in [4.78, 5) is 4.56. The molecule has 0 atom stereocenters. The second-order valence-electron chi connectivity index (χ2n) is 5.19. The van der Waals surface area contributed by atoms with Crippen LogP contribution in [0.3, 0.4) is 0 Å². The molecule has 110 valence electrons. The standard InChI is InChI=1S/C19H13N3O/c1-2-3-12-23-19-20-17-15-10-6-4-8-13(15)14-9-5-7-11-16(14)18(17)21-22-19/h1,4-11H,3,12H2. The third kappa shape index (κ3) is 2.23. The van der Waals surface area contributed by atoms with E-state index < -0.39 is 0 Å². The van der Waals surface area contributed by atoms with E-state index in [0.29, 0.717) is 13.0 Å². The van der Waals surface area contributed by atoms with Gasteiger partial charge in [0.2, 0.25) is 0 Å². The predicted octanol–water partition coefficient (Wildman–Crippen LogP) is 3.73. The van der Waals surface area contributed by atoms with Crippen molar-refractivity contribution in [3.8, 4) is 18.4 Å². The summed E-state index contributed by atoms with van der Waals surface area (Å²) in [6, 6.07) is 16.6. The first-order valence-electron chi connectivity index (χ1n) is 7.38. The van der Waals surface area contributed by atoms with Gasteiger partial charge in [-0.1, -0.05) is 53.6 Å². The van der Waals surface area contributed by atoms with Crippen LogP contribution >= 0.6 is 0 Å². The quantitative estimate of drug-likeness (QED) is 0.328. The molecule has 1 heterocycles. The average molecular weight is 299 g/mol. The largest absolute Gasteiger partial charge is 0.461 e. The van der Waals surface area contributed by atoms with Gasteiger partial charge in [-0.25, -0.2) is 0 Å². The molecule has 0 bridgehead atoms. The van der Waals surface area contributed by atoms with Gasteiger partial charge in [0.1, 0.15) is 17.6 Å². The van der Waals surface area contributed by atoms with Crippen LogP contribution in [0, 0.1) is 12.3 Å². The molecule has 0 aliphatic carbocycles. The Bertz CT molecular complexity index is 1030. The topological polar surface area (TPSA) is 47.9 Å². The van der Waals surface area contributed by atoms with E-state index in [1.807, 2.05) is 36.4 Å². The van der Waals surface area contributed by atoms with Crippen molar-refractivity contribution in [3.63, 3.8) is 0 Å². The van der Waals surface area contributed by atoms with Crippen molar-refractivity contribution in [1.82, 2.24) is 15.2 Å². The monoisotopic (exact) mass is 299 g/mol. The number of fused-ring (bicyclic) bond motifs is 6. The van der Waals surface area contributed by atoms with Crippen LogP contribution in [0.2, 0.25) is 0 Å². The summed E-state index contributed by atoms with van der Waals surface area (Å²) in [5.74, 6) is 2.53. The highest BCUT2D eigenvalue weighted by atomic mass is 16.5. The van der Waals surface area contributed by atoms with E-state index in [-0.39, 0.29) is 6.01 Å². The molecule has 0 aliphatic heterocycles. The Morgan fingerprint density at radius 3 is 2.09 bits per heavy atom.